The van der Waals surface area contributed by atoms with Crippen molar-refractivity contribution in [1.29, 1.82) is 0 Å². The molecular weight excluding hydrogens is 227 g/mol. The van der Waals surface area contributed by atoms with Crippen molar-refractivity contribution in [2.45, 2.75) is 0 Å². The molecule has 0 bridgehead atoms. The first kappa shape index (κ1) is 632. The Kier molecular flexibility index (Phi) is 29700. The molecule has 0 atom stereocenters. The molecule has 10 heavy (non-hydrogen) atoms. The Balaban J connectivity index is 0. The summed E-state index contributed by atoms with van der Waals surface area (Å²) < 4.78 is 0. The maximum Gasteiger partial charge on any atom is 2.00 e. The third-order valence-electron chi connectivity index (χ3n) is 0. The van der Waals surface area contributed by atoms with E-state index in [4.69, 9.17) is 0 Å². The second-order valence-corrected chi connectivity index (χ2v) is 0. The molecule has 0 aromatic rings. The Morgan fingerprint density at radius 3 is 0.400 bits per heavy atom. The van der Waals surface area contributed by atoms with Crippen LogP contribution in [-0.2, 0) is 0 Å². The van der Waals surface area contributed by atoms with Crippen molar-refractivity contribution >= 4 is 35.5 Å². The minimum atomic E-state index is 0. The van der Waals surface area contributed by atoms with Crippen molar-refractivity contribution in [2.24, 2.45) is 0 Å². The molecule has 12 N–H and O–H groups in total. The van der Waals surface area contributed by atoms with Gasteiger partial charge in [-0.1, -0.05) is 0 Å². The molecule has 0 aliphatic rings. The van der Waals surface area contributed by atoms with Gasteiger partial charge in [-0.2, -0.15) is 0 Å². The van der Waals surface area contributed by atoms with Crippen LogP contribution in [0, 0.1) is 0 Å². The van der Waals surface area contributed by atoms with Gasteiger partial charge >= 0.3 is 23.1 Å². The minimum Gasteiger partial charge on any atom is -1.00 e. The molecule has 0 saturated carbocycles. The molecule has 0 aromatic heterocycles. The zero-order valence-electron chi connectivity index (χ0n) is 4.87. The van der Waals surface area contributed by atoms with Gasteiger partial charge in [0, 0.05) is 0 Å². The van der Waals surface area contributed by atoms with E-state index in [9.17, 15) is 0 Å². The molecule has 0 rings (SSSR count). The van der Waals surface area contributed by atoms with Crippen LogP contribution in [0.25, 0.3) is 0 Å². The summed E-state index contributed by atoms with van der Waals surface area (Å²) in [6.45, 7) is 0. The van der Waals surface area contributed by atoms with Gasteiger partial charge in [-0.05, 0) is 0 Å². The molecule has 0 radical (unpaired) electrons. The second kappa shape index (κ2) is 471. The fourth-order valence-corrected chi connectivity index (χ4v) is 0. The van der Waals surface area contributed by atoms with Crippen molar-refractivity contribution in [3.05, 3.63) is 0 Å². The predicted octanol–water partition coefficient (Wildman–Crippen LogP) is -10.9. The molecule has 0 saturated heterocycles. The average molecular weight is 240 g/mol. The topological polar surface area (TPSA) is 189 Å². The van der Waals surface area contributed by atoms with Gasteiger partial charge in [0.25, 0.3) is 0 Å². The van der Waals surface area contributed by atoms with Crippen molar-refractivity contribution in [2.75, 3.05) is 0 Å². The average Bonchev–Trinajstić information content (AvgIpc) is 0. The molecule has 0 aliphatic carbocycles. The van der Waals surface area contributed by atoms with Crippen LogP contribution in [0.4, 0.5) is 0 Å². The summed E-state index contributed by atoms with van der Waals surface area (Å²) in [6, 6.07) is 0. The molecule has 6 nitrogen and oxygen atoms in total. The number of hydrogen-bond acceptors (Lipinski definition) is 0. The van der Waals surface area contributed by atoms with Crippen LogP contribution >= 0.6 is 12.4 Å². The SMILES string of the molecule is Cl.O.O.O.O.O.O.[Cl-].[Cl-].[Mg+2]. The van der Waals surface area contributed by atoms with Crippen LogP contribution in [0.1, 0.15) is 0 Å². The number of halogens is 3. The molecule has 0 unspecified atom stereocenters. The number of rotatable bonds is 0. The van der Waals surface area contributed by atoms with E-state index < -0.39 is 0 Å². The van der Waals surface area contributed by atoms with Gasteiger partial charge in [0.2, 0.25) is 0 Å². The Hall–Kier alpha value is 1.40. The van der Waals surface area contributed by atoms with E-state index in [1.54, 1.807) is 0 Å². The van der Waals surface area contributed by atoms with E-state index >= 15 is 0 Å². The molecule has 10 heteroatoms. The van der Waals surface area contributed by atoms with Gasteiger partial charge in [-0.25, -0.2) is 0 Å². The Morgan fingerprint density at radius 1 is 0.400 bits per heavy atom. The standard InChI is InChI=1S/3ClH.Mg.6H2O/h3*1H;;6*1H2/q;;;+2;;;;;;/p-2. The molecule has 0 amide bonds. The molecule has 0 aliphatic heterocycles. The van der Waals surface area contributed by atoms with Gasteiger partial charge in [-0.15, -0.1) is 12.4 Å². The summed E-state index contributed by atoms with van der Waals surface area (Å²) in [5.41, 5.74) is 0. The van der Waals surface area contributed by atoms with E-state index in [1.165, 1.54) is 0 Å². The van der Waals surface area contributed by atoms with E-state index in [-0.39, 0.29) is 93.1 Å². The quantitative estimate of drug-likeness (QED) is 0.363. The van der Waals surface area contributed by atoms with Crippen LogP contribution in [0.3, 0.4) is 0 Å². The summed E-state index contributed by atoms with van der Waals surface area (Å²) >= 11 is 0. The van der Waals surface area contributed by atoms with Gasteiger partial charge in [0.1, 0.15) is 0 Å². The van der Waals surface area contributed by atoms with Crippen LogP contribution in [0.5, 0.6) is 0 Å². The minimum absolute atomic E-state index is 0. The van der Waals surface area contributed by atoms with E-state index in [0.29, 0.717) is 0 Å². The fraction of sp³-hybridized carbons (Fsp3) is 0. The Bertz CT molecular complexity index is 13.0. The smallest absolute Gasteiger partial charge is 1.00 e. The van der Waals surface area contributed by atoms with Crippen LogP contribution in [-0.4, -0.2) is 55.9 Å². The molecule has 0 heterocycles. The Labute approximate surface area is 93.0 Å². The van der Waals surface area contributed by atoms with Crippen LogP contribution in [0.2, 0.25) is 0 Å². The summed E-state index contributed by atoms with van der Waals surface area (Å²) in [7, 11) is 0. The monoisotopic (exact) mass is 238 g/mol. The van der Waals surface area contributed by atoms with Crippen LogP contribution in [0.15, 0.2) is 0 Å². The molecule has 0 spiro atoms. The predicted molar refractivity (Wildman–Crippen MR) is 34.7 cm³/mol. The third kappa shape index (κ3) is 340. The van der Waals surface area contributed by atoms with Crippen molar-refractivity contribution in [1.82, 2.24) is 0 Å². The van der Waals surface area contributed by atoms with Crippen molar-refractivity contribution in [3.63, 3.8) is 0 Å². The first-order chi connectivity index (χ1) is 0. The molecule has 72 valence electrons. The fourth-order valence-electron chi connectivity index (χ4n) is 0. The summed E-state index contributed by atoms with van der Waals surface area (Å²) in [5.74, 6) is 0. The summed E-state index contributed by atoms with van der Waals surface area (Å²) in [6.07, 6.45) is 0. The first-order valence-corrected chi connectivity index (χ1v) is 0. The normalized spacial score (nSPS) is 0. The maximum atomic E-state index is 0. The van der Waals surface area contributed by atoms with E-state index in [1.807, 2.05) is 0 Å². The van der Waals surface area contributed by atoms with E-state index in [2.05, 4.69) is 0 Å². The van der Waals surface area contributed by atoms with Gasteiger partial charge < -0.3 is 57.7 Å². The van der Waals surface area contributed by atoms with Gasteiger partial charge in [0.05, 0.1) is 0 Å². The summed E-state index contributed by atoms with van der Waals surface area (Å²) in [5, 5.41) is 0. The van der Waals surface area contributed by atoms with Crippen LogP contribution < -0.4 is 24.8 Å². The van der Waals surface area contributed by atoms with E-state index in [0.717, 1.165) is 0 Å². The molecule has 0 fully saturated rings. The second-order valence-electron chi connectivity index (χ2n) is 0. The zero-order valence-corrected chi connectivity index (χ0v) is 8.61. The maximum absolute atomic E-state index is 0. The van der Waals surface area contributed by atoms with Crippen molar-refractivity contribution < 1.29 is 57.7 Å². The summed E-state index contributed by atoms with van der Waals surface area (Å²) in [4.78, 5) is 0. The van der Waals surface area contributed by atoms with Crippen molar-refractivity contribution in [3.8, 4) is 0 Å². The zero-order chi connectivity index (χ0) is 0. The number of hydrogen-bond donors (Lipinski definition) is 0. The molecule has 0 aromatic carbocycles. The van der Waals surface area contributed by atoms with Gasteiger partial charge in [-0.3, -0.25) is 0 Å². The molecular formula is H13Cl3MgO6. The van der Waals surface area contributed by atoms with Gasteiger partial charge in [0.15, 0.2) is 0 Å². The first-order valence-electron chi connectivity index (χ1n) is 0. The Morgan fingerprint density at radius 2 is 0.400 bits per heavy atom. The third-order valence-corrected chi connectivity index (χ3v) is 0. The largest absolute Gasteiger partial charge is 2.00 e.